The number of amides is 2. The number of benzene rings is 1. The number of nitrogens with one attached hydrogen (secondary N) is 1. The Labute approximate surface area is 186 Å². The molecule has 0 unspecified atom stereocenters. The maximum absolute atomic E-state index is 14.9. The van der Waals surface area contributed by atoms with Crippen molar-refractivity contribution in [2.75, 3.05) is 29.0 Å². The number of nitrogens with two attached hydrogens (primary N) is 1. The average Bonchev–Trinajstić information content (AvgIpc) is 2.72. The van der Waals surface area contributed by atoms with Crippen LogP contribution in [0.4, 0.5) is 30.5 Å². The second-order valence-corrected chi connectivity index (χ2v) is 8.10. The van der Waals surface area contributed by atoms with E-state index >= 15 is 0 Å². The van der Waals surface area contributed by atoms with E-state index in [-0.39, 0.29) is 30.4 Å². The van der Waals surface area contributed by atoms with Gasteiger partial charge in [-0.3, -0.25) is 14.5 Å². The fourth-order valence-electron chi connectivity index (χ4n) is 4.08. The van der Waals surface area contributed by atoms with E-state index in [4.69, 9.17) is 17.3 Å². The number of nitrogen functional groups attached to an aromatic ring is 1. The highest BCUT2D eigenvalue weighted by Crippen LogP contribution is 2.30. The molecule has 12 heteroatoms. The van der Waals surface area contributed by atoms with Gasteiger partial charge in [0.25, 0.3) is 5.91 Å². The lowest BCUT2D eigenvalue weighted by Gasteiger charge is -2.43. The van der Waals surface area contributed by atoms with Gasteiger partial charge in [-0.2, -0.15) is 4.39 Å². The summed E-state index contributed by atoms with van der Waals surface area (Å²) in [6.07, 6.45) is 0.154. The molecular weight excluding hydrogens is 449 g/mol. The summed E-state index contributed by atoms with van der Waals surface area (Å²) in [5, 5.41) is 3.06. The van der Waals surface area contributed by atoms with E-state index in [1.54, 1.807) is 0 Å². The first-order valence-corrected chi connectivity index (χ1v) is 10.4. The normalized spacial score (nSPS) is 24.1. The number of hydrogen-bond acceptors (Lipinski definition) is 6. The van der Waals surface area contributed by atoms with Crippen molar-refractivity contribution < 1.29 is 22.8 Å². The zero-order chi connectivity index (χ0) is 23.0. The second-order valence-electron chi connectivity index (χ2n) is 7.66. The number of anilines is 3. The van der Waals surface area contributed by atoms with Crippen LogP contribution in [0.15, 0.2) is 24.5 Å². The van der Waals surface area contributed by atoms with Crippen LogP contribution < -0.4 is 16.0 Å². The Morgan fingerprint density at radius 1 is 1.09 bits per heavy atom. The molecule has 0 aliphatic carbocycles. The predicted octanol–water partition coefficient (Wildman–Crippen LogP) is 2.54. The van der Waals surface area contributed by atoms with Crippen LogP contribution in [0.2, 0.25) is 5.02 Å². The molecule has 2 aliphatic rings. The molecule has 0 saturated carbocycles. The van der Waals surface area contributed by atoms with Gasteiger partial charge in [0.15, 0.2) is 11.6 Å². The first-order chi connectivity index (χ1) is 15.3. The number of hydrogen-bond donors (Lipinski definition) is 2. The van der Waals surface area contributed by atoms with Gasteiger partial charge in [-0.15, -0.1) is 0 Å². The van der Waals surface area contributed by atoms with Crippen molar-refractivity contribution in [3.05, 3.63) is 41.2 Å². The van der Waals surface area contributed by atoms with E-state index in [9.17, 15) is 22.8 Å². The van der Waals surface area contributed by atoms with Crippen LogP contribution in [0.1, 0.15) is 19.3 Å². The third kappa shape index (κ3) is 4.16. The minimum atomic E-state index is -1.63. The molecule has 0 bridgehead atoms. The van der Waals surface area contributed by atoms with Gasteiger partial charge in [0.2, 0.25) is 11.7 Å². The summed E-state index contributed by atoms with van der Waals surface area (Å²) in [5.41, 5.74) is 5.76. The number of carbonyl (C=O) groups excluding carboxylic acids is 2. The standard InChI is InChI=1S/C20H20ClF3N6O2/c21-10-6-11(22)8-12(7-10)28-14-2-1-4-29(19(14)31)16-13(23)3-5-30(20(16)32)18-15(24)17(25)26-9-27-18/h6-9,13-14,16,28H,1-5H2,(H2,25,26,27)/t13-,14-,16-/m1/s1. The van der Waals surface area contributed by atoms with E-state index < -0.39 is 47.5 Å². The molecule has 3 atom stereocenters. The SMILES string of the molecule is Nc1ncnc(N2CC[C@@H](F)[C@@H](N3CCC[C@@H](Nc4cc(F)cc(Cl)c4)C3=O)C2=O)c1F. The van der Waals surface area contributed by atoms with Crippen LogP contribution >= 0.6 is 11.6 Å². The zero-order valence-corrected chi connectivity index (χ0v) is 17.5. The number of nitrogens with zero attached hydrogens (tertiary/aromatic N) is 4. The zero-order valence-electron chi connectivity index (χ0n) is 16.8. The van der Waals surface area contributed by atoms with Gasteiger partial charge < -0.3 is 16.0 Å². The van der Waals surface area contributed by atoms with Crippen molar-refractivity contribution in [3.8, 4) is 0 Å². The number of alkyl halides is 1. The van der Waals surface area contributed by atoms with E-state index in [2.05, 4.69) is 15.3 Å². The molecule has 1 aromatic carbocycles. The summed E-state index contributed by atoms with van der Waals surface area (Å²) < 4.78 is 43.0. The molecule has 2 fully saturated rings. The molecule has 4 rings (SSSR count). The van der Waals surface area contributed by atoms with Crippen LogP contribution in [0.25, 0.3) is 0 Å². The molecule has 2 aliphatic heterocycles. The molecule has 2 aromatic rings. The van der Waals surface area contributed by atoms with E-state index in [1.807, 2.05) is 0 Å². The van der Waals surface area contributed by atoms with Gasteiger partial charge in [-0.25, -0.2) is 18.7 Å². The highest BCUT2D eigenvalue weighted by molar-refractivity contribution is 6.30. The lowest BCUT2D eigenvalue weighted by atomic mass is 9.95. The minimum Gasteiger partial charge on any atom is -0.381 e. The second kappa shape index (κ2) is 8.81. The molecule has 8 nitrogen and oxygen atoms in total. The Balaban J connectivity index is 1.57. The van der Waals surface area contributed by atoms with Crippen molar-refractivity contribution in [2.24, 2.45) is 0 Å². The van der Waals surface area contributed by atoms with Gasteiger partial charge in [0.05, 0.1) is 0 Å². The van der Waals surface area contributed by atoms with Gasteiger partial charge in [-0.05, 0) is 37.5 Å². The Morgan fingerprint density at radius 2 is 1.88 bits per heavy atom. The molecule has 170 valence electrons. The Morgan fingerprint density at radius 3 is 2.62 bits per heavy atom. The van der Waals surface area contributed by atoms with E-state index in [1.165, 1.54) is 12.1 Å². The fraction of sp³-hybridized carbons (Fsp3) is 0.400. The first kappa shape index (κ1) is 22.1. The third-order valence-corrected chi connectivity index (χ3v) is 5.77. The third-order valence-electron chi connectivity index (χ3n) is 5.56. The Bertz CT molecular complexity index is 1040. The van der Waals surface area contributed by atoms with Crippen molar-refractivity contribution in [1.82, 2.24) is 14.9 Å². The van der Waals surface area contributed by atoms with Gasteiger partial charge in [0.1, 0.15) is 30.4 Å². The maximum Gasteiger partial charge on any atom is 0.254 e. The number of piperidine rings is 2. The Hall–Kier alpha value is -3.08. The number of aromatic nitrogens is 2. The van der Waals surface area contributed by atoms with Crippen LogP contribution in [-0.4, -0.2) is 58.0 Å². The summed E-state index contributed by atoms with van der Waals surface area (Å²) in [4.78, 5) is 35.7. The lowest BCUT2D eigenvalue weighted by Crippen LogP contribution is -2.63. The highest BCUT2D eigenvalue weighted by atomic mass is 35.5. The van der Waals surface area contributed by atoms with Crippen molar-refractivity contribution in [2.45, 2.75) is 37.5 Å². The van der Waals surface area contributed by atoms with Crippen LogP contribution in [-0.2, 0) is 9.59 Å². The topological polar surface area (TPSA) is 104 Å². The van der Waals surface area contributed by atoms with Crippen LogP contribution in [0.5, 0.6) is 0 Å². The molecule has 1 aromatic heterocycles. The number of rotatable bonds is 4. The predicted molar refractivity (Wildman–Crippen MR) is 112 cm³/mol. The van der Waals surface area contributed by atoms with Gasteiger partial charge in [0, 0.05) is 23.8 Å². The highest BCUT2D eigenvalue weighted by Gasteiger charge is 2.46. The monoisotopic (exact) mass is 468 g/mol. The molecule has 2 saturated heterocycles. The molecule has 2 amide bonds. The quantitative estimate of drug-likeness (QED) is 0.714. The summed E-state index contributed by atoms with van der Waals surface area (Å²) >= 11 is 5.87. The molecule has 0 spiro atoms. The van der Waals surface area contributed by atoms with Crippen LogP contribution in [0.3, 0.4) is 0 Å². The first-order valence-electron chi connectivity index (χ1n) is 10.0. The molecule has 3 N–H and O–H groups in total. The molecule has 32 heavy (non-hydrogen) atoms. The smallest absolute Gasteiger partial charge is 0.254 e. The summed E-state index contributed by atoms with van der Waals surface area (Å²) in [6.45, 7) is 0.0371. The minimum absolute atomic E-state index is 0.110. The van der Waals surface area contributed by atoms with Crippen molar-refractivity contribution in [3.63, 3.8) is 0 Å². The molecule has 3 heterocycles. The Kier molecular flexibility index (Phi) is 6.09. The van der Waals surface area contributed by atoms with E-state index in [0.717, 1.165) is 22.2 Å². The van der Waals surface area contributed by atoms with Gasteiger partial charge >= 0.3 is 0 Å². The molecular formula is C20H20ClF3N6O2. The van der Waals surface area contributed by atoms with E-state index in [0.29, 0.717) is 18.5 Å². The number of likely N-dealkylation sites (tertiary alicyclic amines) is 1. The summed E-state index contributed by atoms with van der Waals surface area (Å²) in [7, 11) is 0. The molecule has 0 radical (unpaired) electrons. The van der Waals surface area contributed by atoms with Crippen LogP contribution in [0, 0.1) is 11.6 Å². The summed E-state index contributed by atoms with van der Waals surface area (Å²) in [6, 6.07) is 1.54. The largest absolute Gasteiger partial charge is 0.381 e. The maximum atomic E-state index is 14.9. The lowest BCUT2D eigenvalue weighted by molar-refractivity contribution is -0.146. The van der Waals surface area contributed by atoms with Crippen molar-refractivity contribution in [1.29, 1.82) is 0 Å². The number of carbonyl (C=O) groups is 2. The summed E-state index contributed by atoms with van der Waals surface area (Å²) in [5.74, 6) is -3.65. The fourth-order valence-corrected chi connectivity index (χ4v) is 4.31. The van der Waals surface area contributed by atoms with Gasteiger partial charge in [-0.1, -0.05) is 11.6 Å². The van der Waals surface area contributed by atoms with Crippen molar-refractivity contribution >= 4 is 40.7 Å². The average molecular weight is 469 g/mol. The number of halogens is 4.